The van der Waals surface area contributed by atoms with Gasteiger partial charge in [-0.15, -0.1) is 0 Å². The first-order chi connectivity index (χ1) is 13.6. The van der Waals surface area contributed by atoms with E-state index in [1.807, 2.05) is 48.5 Å². The van der Waals surface area contributed by atoms with Gasteiger partial charge in [0.2, 0.25) is 0 Å². The predicted octanol–water partition coefficient (Wildman–Crippen LogP) is 5.32. The largest absolute Gasteiger partial charge is 0.322 e. The van der Waals surface area contributed by atoms with Crippen LogP contribution in [-0.2, 0) is 12.8 Å². The van der Waals surface area contributed by atoms with Crippen LogP contribution in [0, 0.1) is 0 Å². The molecule has 0 aliphatic carbocycles. The average molecular weight is 372 g/mol. The fraction of sp³-hybridized carbons (Fsp3) is 0.167. The summed E-state index contributed by atoms with van der Waals surface area (Å²) in [5.74, 6) is -0.480. The van der Waals surface area contributed by atoms with Crippen LogP contribution in [0.15, 0.2) is 72.8 Å². The SMILES string of the molecule is CCc1cccc(NC(=O)c2cccc(C(=O)Nc3cccc(CC)c3)c2)c1. The fourth-order valence-electron chi connectivity index (χ4n) is 2.95. The van der Waals surface area contributed by atoms with E-state index in [4.69, 9.17) is 0 Å². The third-order valence-electron chi connectivity index (χ3n) is 4.57. The van der Waals surface area contributed by atoms with Crippen molar-refractivity contribution in [2.24, 2.45) is 0 Å². The molecule has 0 fully saturated rings. The Balaban J connectivity index is 1.73. The monoisotopic (exact) mass is 372 g/mol. The van der Waals surface area contributed by atoms with E-state index in [9.17, 15) is 9.59 Å². The molecule has 3 aromatic rings. The second-order valence-electron chi connectivity index (χ2n) is 6.60. The van der Waals surface area contributed by atoms with Crippen molar-refractivity contribution >= 4 is 23.2 Å². The average Bonchev–Trinajstić information content (AvgIpc) is 2.74. The van der Waals surface area contributed by atoms with Crippen molar-refractivity contribution in [3.63, 3.8) is 0 Å². The number of hydrogen-bond donors (Lipinski definition) is 2. The lowest BCUT2D eigenvalue weighted by Crippen LogP contribution is -2.15. The summed E-state index contributed by atoms with van der Waals surface area (Å²) in [6, 6.07) is 22.2. The molecule has 142 valence electrons. The van der Waals surface area contributed by atoms with Crippen molar-refractivity contribution in [3.8, 4) is 0 Å². The summed E-state index contributed by atoms with van der Waals surface area (Å²) < 4.78 is 0. The highest BCUT2D eigenvalue weighted by Crippen LogP contribution is 2.16. The van der Waals surface area contributed by atoms with E-state index in [0.29, 0.717) is 11.1 Å². The maximum atomic E-state index is 12.6. The molecule has 4 heteroatoms. The molecule has 0 unspecified atom stereocenters. The summed E-state index contributed by atoms with van der Waals surface area (Å²) in [5.41, 5.74) is 4.68. The Morgan fingerprint density at radius 2 is 1.07 bits per heavy atom. The van der Waals surface area contributed by atoms with E-state index >= 15 is 0 Å². The quantitative estimate of drug-likeness (QED) is 0.615. The molecule has 0 aliphatic rings. The zero-order valence-corrected chi connectivity index (χ0v) is 16.2. The van der Waals surface area contributed by atoms with Crippen LogP contribution in [0.3, 0.4) is 0 Å². The highest BCUT2D eigenvalue weighted by atomic mass is 16.2. The standard InChI is InChI=1S/C24H24N2O2/c1-3-17-8-5-12-21(14-17)25-23(27)19-10-7-11-20(16-19)24(28)26-22-13-6-9-18(4-2)15-22/h5-16H,3-4H2,1-2H3,(H,25,27)(H,26,28). The second-order valence-corrected chi connectivity index (χ2v) is 6.60. The molecule has 2 amide bonds. The van der Waals surface area contributed by atoms with Crippen molar-refractivity contribution in [3.05, 3.63) is 95.1 Å². The molecule has 0 aromatic heterocycles. The number of benzene rings is 3. The van der Waals surface area contributed by atoms with E-state index in [1.54, 1.807) is 24.3 Å². The number of amides is 2. The number of rotatable bonds is 6. The first-order valence-corrected chi connectivity index (χ1v) is 9.49. The summed E-state index contributed by atoms with van der Waals surface area (Å²) in [6.07, 6.45) is 1.80. The lowest BCUT2D eigenvalue weighted by molar-refractivity contribution is 0.102. The van der Waals surface area contributed by atoms with Crippen molar-refractivity contribution in [2.45, 2.75) is 26.7 Å². The highest BCUT2D eigenvalue weighted by molar-refractivity contribution is 6.08. The van der Waals surface area contributed by atoms with E-state index in [2.05, 4.69) is 24.5 Å². The molecular formula is C24H24N2O2. The normalized spacial score (nSPS) is 10.4. The van der Waals surface area contributed by atoms with Gasteiger partial charge in [0.05, 0.1) is 0 Å². The van der Waals surface area contributed by atoms with Crippen LogP contribution < -0.4 is 10.6 Å². The maximum Gasteiger partial charge on any atom is 0.255 e. The lowest BCUT2D eigenvalue weighted by atomic mass is 10.1. The van der Waals surface area contributed by atoms with Gasteiger partial charge >= 0.3 is 0 Å². The van der Waals surface area contributed by atoms with Gasteiger partial charge < -0.3 is 10.6 Å². The number of hydrogen-bond acceptors (Lipinski definition) is 2. The molecule has 0 spiro atoms. The van der Waals surface area contributed by atoms with Crippen LogP contribution in [0.5, 0.6) is 0 Å². The Bertz CT molecular complexity index is 918. The molecular weight excluding hydrogens is 348 g/mol. The van der Waals surface area contributed by atoms with Crippen LogP contribution in [0.1, 0.15) is 45.7 Å². The minimum absolute atomic E-state index is 0.240. The minimum atomic E-state index is -0.240. The van der Waals surface area contributed by atoms with E-state index in [0.717, 1.165) is 35.3 Å². The van der Waals surface area contributed by atoms with Crippen LogP contribution in [0.4, 0.5) is 11.4 Å². The Hall–Kier alpha value is -3.40. The second kappa shape index (κ2) is 9.00. The van der Waals surface area contributed by atoms with Crippen LogP contribution >= 0.6 is 0 Å². The summed E-state index contributed by atoms with van der Waals surface area (Å²) in [7, 11) is 0. The van der Waals surface area contributed by atoms with Crippen molar-refractivity contribution in [1.29, 1.82) is 0 Å². The summed E-state index contributed by atoms with van der Waals surface area (Å²) in [5, 5.41) is 5.79. The Labute approximate surface area is 165 Å². The lowest BCUT2D eigenvalue weighted by Gasteiger charge is -2.09. The molecule has 0 atom stereocenters. The van der Waals surface area contributed by atoms with Gasteiger partial charge in [-0.1, -0.05) is 44.2 Å². The van der Waals surface area contributed by atoms with Gasteiger partial charge in [-0.2, -0.15) is 0 Å². The van der Waals surface area contributed by atoms with Crippen molar-refractivity contribution in [1.82, 2.24) is 0 Å². The third kappa shape index (κ3) is 4.86. The molecule has 0 heterocycles. The molecule has 3 rings (SSSR count). The highest BCUT2D eigenvalue weighted by Gasteiger charge is 2.11. The zero-order chi connectivity index (χ0) is 19.9. The third-order valence-corrected chi connectivity index (χ3v) is 4.57. The summed E-state index contributed by atoms with van der Waals surface area (Å²) in [6.45, 7) is 4.14. The topological polar surface area (TPSA) is 58.2 Å². The molecule has 4 nitrogen and oxygen atoms in total. The van der Waals surface area contributed by atoms with Gasteiger partial charge in [0.15, 0.2) is 0 Å². The molecule has 2 N–H and O–H groups in total. The van der Waals surface area contributed by atoms with Crippen molar-refractivity contribution < 1.29 is 9.59 Å². The van der Waals surface area contributed by atoms with Crippen LogP contribution in [0.2, 0.25) is 0 Å². The number of aryl methyl sites for hydroxylation is 2. The van der Waals surface area contributed by atoms with Gasteiger partial charge in [0, 0.05) is 22.5 Å². The van der Waals surface area contributed by atoms with E-state index in [-0.39, 0.29) is 11.8 Å². The predicted molar refractivity (Wildman–Crippen MR) is 114 cm³/mol. The Morgan fingerprint density at radius 1 is 0.643 bits per heavy atom. The number of anilines is 2. The molecule has 28 heavy (non-hydrogen) atoms. The number of carbonyl (C=O) groups is 2. The van der Waals surface area contributed by atoms with Crippen LogP contribution in [-0.4, -0.2) is 11.8 Å². The first-order valence-electron chi connectivity index (χ1n) is 9.49. The Morgan fingerprint density at radius 3 is 1.50 bits per heavy atom. The number of carbonyl (C=O) groups excluding carboxylic acids is 2. The fourth-order valence-corrected chi connectivity index (χ4v) is 2.95. The van der Waals surface area contributed by atoms with Gasteiger partial charge in [0.1, 0.15) is 0 Å². The minimum Gasteiger partial charge on any atom is -0.322 e. The molecule has 0 aliphatic heterocycles. The van der Waals surface area contributed by atoms with Crippen LogP contribution in [0.25, 0.3) is 0 Å². The van der Waals surface area contributed by atoms with E-state index in [1.165, 1.54) is 0 Å². The summed E-state index contributed by atoms with van der Waals surface area (Å²) >= 11 is 0. The van der Waals surface area contributed by atoms with Gasteiger partial charge in [0.25, 0.3) is 11.8 Å². The molecule has 0 bridgehead atoms. The van der Waals surface area contributed by atoms with Gasteiger partial charge in [-0.25, -0.2) is 0 Å². The number of nitrogens with one attached hydrogen (secondary N) is 2. The molecule has 0 saturated heterocycles. The van der Waals surface area contributed by atoms with Gasteiger partial charge in [-0.05, 0) is 66.4 Å². The first kappa shape index (κ1) is 19.4. The van der Waals surface area contributed by atoms with E-state index < -0.39 is 0 Å². The molecule has 0 saturated carbocycles. The Kier molecular flexibility index (Phi) is 6.22. The van der Waals surface area contributed by atoms with Crippen molar-refractivity contribution in [2.75, 3.05) is 10.6 Å². The summed E-state index contributed by atoms with van der Waals surface area (Å²) in [4.78, 5) is 25.2. The molecule has 3 aromatic carbocycles. The smallest absolute Gasteiger partial charge is 0.255 e. The zero-order valence-electron chi connectivity index (χ0n) is 16.2. The molecule has 0 radical (unpaired) electrons. The van der Waals surface area contributed by atoms with Gasteiger partial charge in [-0.3, -0.25) is 9.59 Å². The maximum absolute atomic E-state index is 12.6.